The summed E-state index contributed by atoms with van der Waals surface area (Å²) in [6, 6.07) is 12.1. The van der Waals surface area contributed by atoms with Gasteiger partial charge >= 0.3 is 12.6 Å². The van der Waals surface area contributed by atoms with Gasteiger partial charge in [0.2, 0.25) is 5.91 Å². The van der Waals surface area contributed by atoms with Crippen LogP contribution in [0.1, 0.15) is 5.56 Å². The van der Waals surface area contributed by atoms with Gasteiger partial charge in [-0.2, -0.15) is 8.78 Å². The Bertz CT molecular complexity index is 778. The van der Waals surface area contributed by atoms with Crippen LogP contribution in [-0.4, -0.2) is 25.1 Å². The second kappa shape index (κ2) is 9.91. The summed E-state index contributed by atoms with van der Waals surface area (Å²) >= 11 is 0. The van der Waals surface area contributed by atoms with E-state index in [0.29, 0.717) is 23.5 Å². The SMILES string of the molecule is C=CCNC(=O)Nc1ccc(NC(=O)Cc2ccc(OC(F)F)cc2)cc1. The van der Waals surface area contributed by atoms with E-state index in [1.54, 1.807) is 42.5 Å². The Hall–Kier alpha value is -3.42. The number of rotatable bonds is 8. The van der Waals surface area contributed by atoms with Gasteiger partial charge in [-0.1, -0.05) is 18.2 Å². The fourth-order valence-electron chi connectivity index (χ4n) is 2.16. The first-order valence-electron chi connectivity index (χ1n) is 8.05. The van der Waals surface area contributed by atoms with Gasteiger partial charge in [0.25, 0.3) is 0 Å². The highest BCUT2D eigenvalue weighted by atomic mass is 19.3. The molecule has 0 atom stereocenters. The number of ether oxygens (including phenoxy) is 1. The molecule has 0 spiro atoms. The molecule has 2 aromatic rings. The first-order valence-corrected chi connectivity index (χ1v) is 8.05. The van der Waals surface area contributed by atoms with E-state index in [4.69, 9.17) is 0 Å². The zero-order chi connectivity index (χ0) is 19.6. The number of benzene rings is 2. The van der Waals surface area contributed by atoms with E-state index in [2.05, 4.69) is 27.3 Å². The number of carbonyl (C=O) groups excluding carboxylic acids is 2. The smallest absolute Gasteiger partial charge is 0.387 e. The molecule has 0 unspecified atom stereocenters. The molecule has 0 aliphatic rings. The van der Waals surface area contributed by atoms with Crippen LogP contribution >= 0.6 is 0 Å². The van der Waals surface area contributed by atoms with E-state index in [0.717, 1.165) is 0 Å². The third-order valence-corrected chi connectivity index (χ3v) is 3.35. The zero-order valence-electron chi connectivity index (χ0n) is 14.4. The number of halogens is 2. The van der Waals surface area contributed by atoms with Crippen molar-refractivity contribution in [1.82, 2.24) is 5.32 Å². The number of hydrogen-bond donors (Lipinski definition) is 3. The minimum absolute atomic E-state index is 0.0365. The van der Waals surface area contributed by atoms with Crippen LogP contribution in [0.2, 0.25) is 0 Å². The summed E-state index contributed by atoms with van der Waals surface area (Å²) in [5.41, 5.74) is 1.80. The van der Waals surface area contributed by atoms with Gasteiger partial charge in [0.05, 0.1) is 6.42 Å². The number of anilines is 2. The van der Waals surface area contributed by atoms with Crippen molar-refractivity contribution in [2.24, 2.45) is 0 Å². The molecule has 0 saturated heterocycles. The number of amides is 3. The van der Waals surface area contributed by atoms with Gasteiger partial charge in [0, 0.05) is 17.9 Å². The predicted octanol–water partition coefficient (Wildman–Crippen LogP) is 3.78. The average molecular weight is 375 g/mol. The number of alkyl halides is 2. The van der Waals surface area contributed by atoms with Gasteiger partial charge in [0.15, 0.2) is 0 Å². The van der Waals surface area contributed by atoms with Crippen LogP contribution in [0.25, 0.3) is 0 Å². The molecule has 142 valence electrons. The Labute approximate surface area is 155 Å². The highest BCUT2D eigenvalue weighted by molar-refractivity contribution is 5.93. The molecule has 0 aliphatic heterocycles. The van der Waals surface area contributed by atoms with E-state index in [1.165, 1.54) is 12.1 Å². The number of carbonyl (C=O) groups is 2. The summed E-state index contributed by atoms with van der Waals surface area (Å²) in [4.78, 5) is 23.6. The molecule has 8 heteroatoms. The Morgan fingerprint density at radius 3 is 2.15 bits per heavy atom. The van der Waals surface area contributed by atoms with Crippen LogP contribution < -0.4 is 20.7 Å². The van der Waals surface area contributed by atoms with Crippen molar-refractivity contribution in [2.75, 3.05) is 17.2 Å². The van der Waals surface area contributed by atoms with Gasteiger partial charge in [-0.05, 0) is 42.0 Å². The van der Waals surface area contributed by atoms with Crippen molar-refractivity contribution in [1.29, 1.82) is 0 Å². The summed E-state index contributed by atoms with van der Waals surface area (Å²) in [5.74, 6) is -0.226. The molecule has 0 fully saturated rings. The molecule has 0 aromatic heterocycles. The molecule has 6 nitrogen and oxygen atoms in total. The lowest BCUT2D eigenvalue weighted by molar-refractivity contribution is -0.115. The maximum absolute atomic E-state index is 12.1. The summed E-state index contributed by atoms with van der Waals surface area (Å²) < 4.78 is 28.5. The third-order valence-electron chi connectivity index (χ3n) is 3.35. The predicted molar refractivity (Wildman–Crippen MR) is 99.1 cm³/mol. The minimum atomic E-state index is -2.88. The maximum Gasteiger partial charge on any atom is 0.387 e. The van der Waals surface area contributed by atoms with Crippen LogP contribution in [0.4, 0.5) is 25.0 Å². The second-order valence-electron chi connectivity index (χ2n) is 5.45. The Kier molecular flexibility index (Phi) is 7.30. The van der Waals surface area contributed by atoms with Gasteiger partial charge in [-0.25, -0.2) is 4.79 Å². The van der Waals surface area contributed by atoms with Gasteiger partial charge in [0.1, 0.15) is 5.75 Å². The van der Waals surface area contributed by atoms with Crippen molar-refractivity contribution >= 4 is 23.3 Å². The van der Waals surface area contributed by atoms with Crippen molar-refractivity contribution in [3.05, 3.63) is 66.7 Å². The summed E-state index contributed by atoms with van der Waals surface area (Å²) in [6.07, 6.45) is 1.65. The standard InChI is InChI=1S/C19H19F2N3O3/c1-2-11-22-19(26)24-15-7-5-14(6-8-15)23-17(25)12-13-3-9-16(10-4-13)27-18(20)21/h2-10,18H,1,11-12H2,(H,23,25)(H2,22,24,26). The second-order valence-corrected chi connectivity index (χ2v) is 5.45. The van der Waals surface area contributed by atoms with Crippen LogP contribution in [0.5, 0.6) is 5.75 Å². The molecule has 27 heavy (non-hydrogen) atoms. The molecular formula is C19H19F2N3O3. The molecular weight excluding hydrogens is 356 g/mol. The number of nitrogens with one attached hydrogen (secondary N) is 3. The van der Waals surface area contributed by atoms with Crippen molar-refractivity contribution < 1.29 is 23.1 Å². The lowest BCUT2D eigenvalue weighted by Crippen LogP contribution is -2.28. The third kappa shape index (κ3) is 7.15. The van der Waals surface area contributed by atoms with E-state index < -0.39 is 6.61 Å². The Balaban J connectivity index is 1.84. The molecule has 2 rings (SSSR count). The average Bonchev–Trinajstić information content (AvgIpc) is 2.63. The van der Waals surface area contributed by atoms with Gasteiger partial charge < -0.3 is 20.7 Å². The fourth-order valence-corrected chi connectivity index (χ4v) is 2.16. The molecule has 3 amide bonds. The maximum atomic E-state index is 12.1. The normalized spacial score (nSPS) is 10.2. The number of hydrogen-bond acceptors (Lipinski definition) is 3. The molecule has 0 aliphatic carbocycles. The first-order chi connectivity index (χ1) is 13.0. The Morgan fingerprint density at radius 2 is 1.59 bits per heavy atom. The van der Waals surface area contributed by atoms with E-state index >= 15 is 0 Å². The molecule has 3 N–H and O–H groups in total. The van der Waals surface area contributed by atoms with Crippen LogP contribution in [-0.2, 0) is 11.2 Å². The summed E-state index contributed by atoms with van der Waals surface area (Å²) in [7, 11) is 0. The minimum Gasteiger partial charge on any atom is -0.435 e. The largest absolute Gasteiger partial charge is 0.435 e. The molecule has 2 aromatic carbocycles. The van der Waals surface area contributed by atoms with Crippen molar-refractivity contribution in [3.8, 4) is 5.75 Å². The summed E-state index contributed by atoms with van der Waals surface area (Å²) in [6.45, 7) is 0.977. The molecule has 0 heterocycles. The lowest BCUT2D eigenvalue weighted by atomic mass is 10.1. The number of urea groups is 1. The fraction of sp³-hybridized carbons (Fsp3) is 0.158. The molecule has 0 bridgehead atoms. The van der Waals surface area contributed by atoms with Crippen LogP contribution in [0.15, 0.2) is 61.2 Å². The zero-order valence-corrected chi connectivity index (χ0v) is 14.4. The van der Waals surface area contributed by atoms with Crippen molar-refractivity contribution in [3.63, 3.8) is 0 Å². The first kappa shape index (κ1) is 19.9. The van der Waals surface area contributed by atoms with E-state index in [-0.39, 0.29) is 24.1 Å². The highest BCUT2D eigenvalue weighted by Gasteiger charge is 2.07. The van der Waals surface area contributed by atoms with E-state index in [1.807, 2.05) is 0 Å². The van der Waals surface area contributed by atoms with Gasteiger partial charge in [-0.3, -0.25) is 4.79 Å². The van der Waals surface area contributed by atoms with Crippen molar-refractivity contribution in [2.45, 2.75) is 13.0 Å². The quantitative estimate of drug-likeness (QED) is 0.615. The Morgan fingerprint density at radius 1 is 1.00 bits per heavy atom. The summed E-state index contributed by atoms with van der Waals surface area (Å²) in [5, 5.41) is 7.94. The lowest BCUT2D eigenvalue weighted by Gasteiger charge is -2.09. The topological polar surface area (TPSA) is 79.5 Å². The highest BCUT2D eigenvalue weighted by Crippen LogP contribution is 2.17. The van der Waals surface area contributed by atoms with Gasteiger partial charge in [-0.15, -0.1) is 6.58 Å². The molecule has 0 radical (unpaired) electrons. The van der Waals surface area contributed by atoms with Crippen LogP contribution in [0, 0.1) is 0 Å². The molecule has 0 saturated carbocycles. The monoisotopic (exact) mass is 375 g/mol. The van der Waals surface area contributed by atoms with E-state index in [9.17, 15) is 18.4 Å². The van der Waals surface area contributed by atoms with Crippen LogP contribution in [0.3, 0.4) is 0 Å².